The van der Waals surface area contributed by atoms with Crippen molar-refractivity contribution in [1.29, 1.82) is 0 Å². The van der Waals surface area contributed by atoms with Crippen LogP contribution >= 0.6 is 0 Å². The quantitative estimate of drug-likeness (QED) is 0.378. The van der Waals surface area contributed by atoms with Crippen LogP contribution in [0.2, 0.25) is 0 Å². The molecule has 6 nitrogen and oxygen atoms in total. The van der Waals surface area contributed by atoms with E-state index in [1.807, 2.05) is 13.0 Å². The normalized spacial score (nSPS) is 20.6. The van der Waals surface area contributed by atoms with Crippen molar-refractivity contribution in [3.8, 4) is 11.4 Å². The van der Waals surface area contributed by atoms with Gasteiger partial charge in [0.1, 0.15) is 12.2 Å². The molecule has 1 aromatic carbocycles. The van der Waals surface area contributed by atoms with Crippen LogP contribution in [0.25, 0.3) is 22.3 Å². The molecule has 1 atom stereocenters. The largest absolute Gasteiger partial charge is 0.460 e. The third kappa shape index (κ3) is 2.58. The molecule has 0 spiro atoms. The number of aryl methyl sites for hydroxylation is 3. The molecule has 0 saturated heterocycles. The average molecular weight is 461 g/mol. The summed E-state index contributed by atoms with van der Waals surface area (Å²) >= 11 is 0. The maximum absolute atomic E-state index is 13.8. The molecule has 0 aliphatic carbocycles. The van der Waals surface area contributed by atoms with Gasteiger partial charge in [0.2, 0.25) is 0 Å². The summed E-state index contributed by atoms with van der Waals surface area (Å²) in [6, 6.07) is 2.00. The number of aromatic nitrogens is 2. The molecule has 2 aromatic heterocycles. The second kappa shape index (κ2) is 7.01. The molecule has 34 heavy (non-hydrogen) atoms. The molecule has 5 rings (SSSR count). The smallest absolute Gasteiger partial charge is 0.315 e. The number of carbonyl (C=O) groups is 1. The molecule has 2 aliphatic rings. The van der Waals surface area contributed by atoms with E-state index in [9.17, 15) is 9.59 Å². The molecular formula is C28H32N2O4. The fraction of sp³-hybridized carbons (Fsp3) is 0.464. The fourth-order valence-electron chi connectivity index (χ4n) is 5.78. The van der Waals surface area contributed by atoms with Crippen LogP contribution in [-0.2, 0) is 33.0 Å². The molecule has 0 fully saturated rings. The summed E-state index contributed by atoms with van der Waals surface area (Å²) in [6.07, 6.45) is 0. The van der Waals surface area contributed by atoms with E-state index in [0.717, 1.165) is 22.5 Å². The molecule has 0 radical (unpaired) electrons. The van der Waals surface area contributed by atoms with Gasteiger partial charge in [-0.25, -0.2) is 4.98 Å². The van der Waals surface area contributed by atoms with Gasteiger partial charge in [0.15, 0.2) is 0 Å². The minimum atomic E-state index is -1.03. The summed E-state index contributed by atoms with van der Waals surface area (Å²) in [6.45, 7) is 16.6. The molecule has 2 aliphatic heterocycles. The standard InChI is InChI=1S/C28H32N2O4/c1-13-14(2)16(4)23-22(15(13)3)17(5)18-11-30-21(24(18)29-23)10-20-19(25(30)31)12-34-26(32)27(6,7)28(20,8)33-9/h10H,11-12H2,1-9H3. The Labute approximate surface area is 199 Å². The van der Waals surface area contributed by atoms with Crippen LogP contribution < -0.4 is 5.56 Å². The van der Waals surface area contributed by atoms with Gasteiger partial charge in [-0.3, -0.25) is 9.59 Å². The summed E-state index contributed by atoms with van der Waals surface area (Å²) < 4.78 is 13.3. The van der Waals surface area contributed by atoms with Gasteiger partial charge in [0.05, 0.1) is 34.4 Å². The van der Waals surface area contributed by atoms with Crippen molar-refractivity contribution in [3.05, 3.63) is 60.9 Å². The Morgan fingerprint density at radius 3 is 2.24 bits per heavy atom. The summed E-state index contributed by atoms with van der Waals surface area (Å²) in [5.41, 5.74) is 8.80. The van der Waals surface area contributed by atoms with Crippen LogP contribution in [0.1, 0.15) is 65.3 Å². The number of esters is 1. The van der Waals surface area contributed by atoms with E-state index in [1.54, 1.807) is 25.5 Å². The van der Waals surface area contributed by atoms with Crippen molar-refractivity contribution in [1.82, 2.24) is 9.55 Å². The van der Waals surface area contributed by atoms with Crippen molar-refractivity contribution in [3.63, 3.8) is 0 Å². The molecule has 3 aromatic rings. The van der Waals surface area contributed by atoms with E-state index >= 15 is 0 Å². The number of hydrogen-bond donors (Lipinski definition) is 0. The van der Waals surface area contributed by atoms with Crippen molar-refractivity contribution in [2.75, 3.05) is 7.11 Å². The lowest BCUT2D eigenvalue weighted by Gasteiger charge is -2.40. The molecule has 0 N–H and O–H groups in total. The third-order valence-corrected chi connectivity index (χ3v) is 8.92. The van der Waals surface area contributed by atoms with Crippen molar-refractivity contribution in [2.24, 2.45) is 5.41 Å². The Morgan fingerprint density at radius 2 is 1.59 bits per heavy atom. The number of methoxy groups -OCH3 is 1. The minimum absolute atomic E-state index is 0.0585. The van der Waals surface area contributed by atoms with Crippen LogP contribution in [0.4, 0.5) is 0 Å². The highest BCUT2D eigenvalue weighted by atomic mass is 16.5. The molecule has 1 unspecified atom stereocenters. The monoisotopic (exact) mass is 460 g/mol. The summed E-state index contributed by atoms with van der Waals surface area (Å²) in [5, 5.41) is 1.18. The Hall–Kier alpha value is -2.99. The van der Waals surface area contributed by atoms with Gasteiger partial charge in [-0.05, 0) is 94.8 Å². The molecule has 178 valence electrons. The van der Waals surface area contributed by atoms with Gasteiger partial charge >= 0.3 is 5.97 Å². The number of fused-ring (bicyclic) bond motifs is 5. The van der Waals surface area contributed by atoms with Gasteiger partial charge in [-0.1, -0.05) is 0 Å². The van der Waals surface area contributed by atoms with Crippen LogP contribution in [-0.4, -0.2) is 22.6 Å². The first kappa shape index (κ1) is 22.8. The van der Waals surface area contributed by atoms with Gasteiger partial charge < -0.3 is 14.0 Å². The Kier molecular flexibility index (Phi) is 4.70. The number of cyclic esters (lactones) is 1. The lowest BCUT2D eigenvalue weighted by molar-refractivity contribution is -0.173. The van der Waals surface area contributed by atoms with Crippen molar-refractivity contribution >= 4 is 16.9 Å². The predicted molar refractivity (Wildman–Crippen MR) is 132 cm³/mol. The number of ether oxygens (including phenoxy) is 2. The molecule has 0 amide bonds. The number of carbonyl (C=O) groups excluding carboxylic acids is 1. The third-order valence-electron chi connectivity index (χ3n) is 8.92. The summed E-state index contributed by atoms with van der Waals surface area (Å²) in [4.78, 5) is 31.8. The Bertz CT molecular complexity index is 1500. The highest BCUT2D eigenvalue weighted by molar-refractivity contribution is 5.94. The minimum Gasteiger partial charge on any atom is -0.460 e. The van der Waals surface area contributed by atoms with E-state index in [4.69, 9.17) is 14.5 Å². The molecule has 6 heteroatoms. The van der Waals surface area contributed by atoms with Gasteiger partial charge in [0.25, 0.3) is 5.56 Å². The topological polar surface area (TPSA) is 70.4 Å². The van der Waals surface area contributed by atoms with E-state index in [-0.39, 0.29) is 18.1 Å². The van der Waals surface area contributed by atoms with Crippen LogP contribution in [0.5, 0.6) is 0 Å². The Balaban J connectivity index is 1.87. The Morgan fingerprint density at radius 1 is 0.941 bits per heavy atom. The van der Waals surface area contributed by atoms with E-state index < -0.39 is 11.0 Å². The summed E-state index contributed by atoms with van der Waals surface area (Å²) in [5.74, 6) is -0.380. The lowest BCUT2D eigenvalue weighted by Crippen LogP contribution is -2.46. The second-order valence-corrected chi connectivity index (χ2v) is 10.5. The van der Waals surface area contributed by atoms with E-state index in [0.29, 0.717) is 17.7 Å². The molecular weight excluding hydrogens is 428 g/mol. The van der Waals surface area contributed by atoms with Gasteiger partial charge in [-0.15, -0.1) is 0 Å². The zero-order chi connectivity index (χ0) is 24.9. The number of rotatable bonds is 1. The summed E-state index contributed by atoms with van der Waals surface area (Å²) in [7, 11) is 1.58. The highest BCUT2D eigenvalue weighted by Crippen LogP contribution is 2.48. The average Bonchev–Trinajstić information content (AvgIpc) is 3.15. The van der Waals surface area contributed by atoms with Crippen molar-refractivity contribution in [2.45, 2.75) is 74.1 Å². The first-order valence-corrected chi connectivity index (χ1v) is 11.8. The maximum atomic E-state index is 13.8. The van der Waals surface area contributed by atoms with E-state index in [2.05, 4.69) is 34.6 Å². The van der Waals surface area contributed by atoms with Crippen LogP contribution in [0.3, 0.4) is 0 Å². The lowest BCUT2D eigenvalue weighted by atomic mass is 9.71. The number of pyridine rings is 2. The fourth-order valence-corrected chi connectivity index (χ4v) is 5.78. The molecule has 0 saturated carbocycles. The van der Waals surface area contributed by atoms with E-state index in [1.165, 1.54) is 33.2 Å². The first-order valence-electron chi connectivity index (χ1n) is 11.8. The zero-order valence-electron chi connectivity index (χ0n) is 21.5. The molecule has 0 bridgehead atoms. The number of nitrogens with zero attached hydrogens (tertiary/aromatic N) is 2. The number of benzene rings is 1. The van der Waals surface area contributed by atoms with Crippen molar-refractivity contribution < 1.29 is 14.3 Å². The zero-order valence-corrected chi connectivity index (χ0v) is 21.5. The number of hydrogen-bond acceptors (Lipinski definition) is 5. The SMILES string of the molecule is COC1(C)c2cc3n(c(=O)c2COC(=O)C1(C)C)Cc1c-3nc2c(C)c(C)c(C)c(C)c2c1C. The van der Waals surface area contributed by atoms with Crippen LogP contribution in [0.15, 0.2) is 10.9 Å². The molecule has 4 heterocycles. The highest BCUT2D eigenvalue weighted by Gasteiger charge is 2.53. The second-order valence-electron chi connectivity index (χ2n) is 10.5. The maximum Gasteiger partial charge on any atom is 0.315 e. The van der Waals surface area contributed by atoms with Gasteiger partial charge in [0, 0.05) is 18.1 Å². The first-order chi connectivity index (χ1) is 15.9. The predicted octanol–water partition coefficient (Wildman–Crippen LogP) is 4.91. The van der Waals surface area contributed by atoms with Crippen LogP contribution in [0, 0.1) is 40.0 Å². The van der Waals surface area contributed by atoms with Gasteiger partial charge in [-0.2, -0.15) is 0 Å².